The molecule has 0 bridgehead atoms. The van der Waals surface area contributed by atoms with Crippen LogP contribution in [0.3, 0.4) is 0 Å². The maximum Gasteiger partial charge on any atom is 0.132 e. The van der Waals surface area contributed by atoms with Crippen molar-refractivity contribution < 1.29 is 0 Å². The van der Waals surface area contributed by atoms with Gasteiger partial charge in [0.15, 0.2) is 0 Å². The molecule has 0 saturated heterocycles. The number of hydrogen-bond donors (Lipinski definition) is 2. The summed E-state index contributed by atoms with van der Waals surface area (Å²) in [7, 11) is 0. The number of pyridine rings is 1. The van der Waals surface area contributed by atoms with Gasteiger partial charge in [-0.1, -0.05) is 13.0 Å². The van der Waals surface area contributed by atoms with Gasteiger partial charge in [0.25, 0.3) is 0 Å². The van der Waals surface area contributed by atoms with Crippen LogP contribution in [0.15, 0.2) is 37.1 Å². The number of aromatic amines is 1. The topological polar surface area (TPSA) is 88.7 Å². The van der Waals surface area contributed by atoms with Crippen LogP contribution < -0.4 is 5.73 Å². The molecule has 3 aromatic rings. The minimum absolute atomic E-state index is 0.0242. The maximum absolute atomic E-state index is 6.07. The van der Waals surface area contributed by atoms with Gasteiger partial charge < -0.3 is 15.3 Å². The molecule has 4 heterocycles. The second kappa shape index (κ2) is 6.68. The summed E-state index contributed by atoms with van der Waals surface area (Å²) in [6, 6.07) is 4.00. The Morgan fingerprint density at radius 3 is 3.04 bits per heavy atom. The van der Waals surface area contributed by atoms with Gasteiger partial charge in [-0.3, -0.25) is 4.90 Å². The molecule has 3 N–H and O–H groups in total. The number of H-pyrrole nitrogens is 1. The van der Waals surface area contributed by atoms with Gasteiger partial charge in [-0.2, -0.15) is 0 Å². The van der Waals surface area contributed by atoms with Gasteiger partial charge in [0.1, 0.15) is 17.7 Å². The van der Waals surface area contributed by atoms with Crippen molar-refractivity contribution in [2.45, 2.75) is 38.9 Å². The highest BCUT2D eigenvalue weighted by Crippen LogP contribution is 2.34. The molecule has 0 aromatic carbocycles. The molecule has 0 amide bonds. The monoisotopic (exact) mass is 337 g/mol. The molecule has 1 atom stereocenters. The van der Waals surface area contributed by atoms with Crippen LogP contribution in [0, 0.1) is 0 Å². The normalized spacial score (nSPS) is 17.6. The van der Waals surface area contributed by atoms with Crippen LogP contribution in [-0.2, 0) is 19.5 Å². The Balaban J connectivity index is 1.73. The Morgan fingerprint density at radius 2 is 2.20 bits per heavy atom. The van der Waals surface area contributed by atoms with E-state index in [2.05, 4.69) is 42.5 Å². The standard InChI is InChI=1S/C18H23N7/c1-2-8-24-10-7-21-18(24)16-15-14(22-12-23-15)5-9-25(16)11-13-4-3-6-20-17(13)19/h3-4,6-7,10,12,16H,2,5,8-9,11H2,1H3,(H2,19,20)(H,22,23)/t16-/m0/s1. The molecule has 7 nitrogen and oxygen atoms in total. The number of nitrogens with two attached hydrogens (primary N) is 1. The number of anilines is 1. The fourth-order valence-corrected chi connectivity index (χ4v) is 3.58. The Kier molecular flexibility index (Phi) is 4.23. The van der Waals surface area contributed by atoms with Crippen molar-refractivity contribution in [3.63, 3.8) is 0 Å². The molecule has 0 radical (unpaired) electrons. The highest BCUT2D eigenvalue weighted by atomic mass is 15.2. The van der Waals surface area contributed by atoms with Gasteiger partial charge >= 0.3 is 0 Å². The van der Waals surface area contributed by atoms with Gasteiger partial charge in [-0.05, 0) is 12.5 Å². The van der Waals surface area contributed by atoms with Gasteiger partial charge in [-0.25, -0.2) is 15.0 Å². The van der Waals surface area contributed by atoms with Crippen molar-refractivity contribution in [2.75, 3.05) is 12.3 Å². The molecule has 4 rings (SSSR count). The zero-order valence-electron chi connectivity index (χ0n) is 14.4. The zero-order valence-corrected chi connectivity index (χ0v) is 14.4. The first-order valence-corrected chi connectivity index (χ1v) is 8.74. The number of fused-ring (bicyclic) bond motifs is 1. The van der Waals surface area contributed by atoms with E-state index < -0.39 is 0 Å². The number of aryl methyl sites for hydroxylation is 1. The van der Waals surface area contributed by atoms with Crippen molar-refractivity contribution in [3.8, 4) is 0 Å². The molecule has 0 unspecified atom stereocenters. The Hall–Kier alpha value is -2.67. The fourth-order valence-electron chi connectivity index (χ4n) is 3.58. The first-order chi connectivity index (χ1) is 12.3. The average Bonchev–Trinajstić information content (AvgIpc) is 3.26. The number of imidazole rings is 2. The van der Waals surface area contributed by atoms with E-state index >= 15 is 0 Å². The predicted molar refractivity (Wildman–Crippen MR) is 95.7 cm³/mol. The lowest BCUT2D eigenvalue weighted by atomic mass is 10.0. The number of hydrogen-bond acceptors (Lipinski definition) is 5. The van der Waals surface area contributed by atoms with Crippen LogP contribution in [0.4, 0.5) is 5.82 Å². The van der Waals surface area contributed by atoms with E-state index in [4.69, 9.17) is 5.73 Å². The lowest BCUT2D eigenvalue weighted by molar-refractivity contribution is 0.189. The summed E-state index contributed by atoms with van der Waals surface area (Å²) in [6.07, 6.45) is 9.46. The molecule has 0 saturated carbocycles. The van der Waals surface area contributed by atoms with Crippen LogP contribution in [0.1, 0.15) is 42.2 Å². The first-order valence-electron chi connectivity index (χ1n) is 8.74. The maximum atomic E-state index is 6.07. The Labute approximate surface area is 146 Å². The molecule has 25 heavy (non-hydrogen) atoms. The van der Waals surface area contributed by atoms with Crippen LogP contribution in [0.2, 0.25) is 0 Å². The molecule has 0 aliphatic carbocycles. The third kappa shape index (κ3) is 2.91. The summed E-state index contributed by atoms with van der Waals surface area (Å²) in [5, 5.41) is 0. The van der Waals surface area contributed by atoms with Crippen LogP contribution in [0.5, 0.6) is 0 Å². The second-order valence-corrected chi connectivity index (χ2v) is 6.42. The molecular formula is C18H23N7. The largest absolute Gasteiger partial charge is 0.383 e. The highest BCUT2D eigenvalue weighted by molar-refractivity contribution is 5.39. The van der Waals surface area contributed by atoms with Crippen molar-refractivity contribution in [1.29, 1.82) is 0 Å². The number of nitrogen functional groups attached to an aromatic ring is 1. The summed E-state index contributed by atoms with van der Waals surface area (Å²) >= 11 is 0. The molecule has 7 heteroatoms. The third-order valence-electron chi connectivity index (χ3n) is 4.78. The van der Waals surface area contributed by atoms with E-state index in [0.29, 0.717) is 5.82 Å². The van der Waals surface area contributed by atoms with Crippen LogP contribution in [0.25, 0.3) is 0 Å². The van der Waals surface area contributed by atoms with Crippen molar-refractivity contribution in [1.82, 2.24) is 29.4 Å². The van der Waals surface area contributed by atoms with Crippen LogP contribution in [-0.4, -0.2) is 35.9 Å². The summed E-state index contributed by atoms with van der Waals surface area (Å²) in [6.45, 7) is 4.79. The minimum atomic E-state index is 0.0242. The van der Waals surface area contributed by atoms with E-state index in [9.17, 15) is 0 Å². The van der Waals surface area contributed by atoms with Gasteiger partial charge in [0.05, 0.1) is 12.0 Å². The van der Waals surface area contributed by atoms with Crippen molar-refractivity contribution in [3.05, 3.63) is 59.8 Å². The van der Waals surface area contributed by atoms with Crippen molar-refractivity contribution in [2.24, 2.45) is 0 Å². The molecule has 1 aliphatic rings. The first kappa shape index (κ1) is 15.8. The molecular weight excluding hydrogens is 314 g/mol. The predicted octanol–water partition coefficient (Wildman–Crippen LogP) is 2.14. The van der Waals surface area contributed by atoms with E-state index in [-0.39, 0.29) is 6.04 Å². The second-order valence-electron chi connectivity index (χ2n) is 6.42. The molecule has 130 valence electrons. The van der Waals surface area contributed by atoms with E-state index in [1.165, 1.54) is 5.69 Å². The highest BCUT2D eigenvalue weighted by Gasteiger charge is 2.34. The van der Waals surface area contributed by atoms with Crippen molar-refractivity contribution >= 4 is 5.82 Å². The summed E-state index contributed by atoms with van der Waals surface area (Å²) in [5.74, 6) is 1.63. The third-order valence-corrected chi connectivity index (χ3v) is 4.78. The summed E-state index contributed by atoms with van der Waals surface area (Å²) in [5.41, 5.74) is 9.38. The summed E-state index contributed by atoms with van der Waals surface area (Å²) < 4.78 is 2.23. The van der Waals surface area contributed by atoms with Gasteiger partial charge in [0, 0.05) is 55.9 Å². The number of rotatable bonds is 5. The van der Waals surface area contributed by atoms with Gasteiger partial charge in [0.2, 0.25) is 0 Å². The Bertz CT molecular complexity index is 850. The van der Waals surface area contributed by atoms with E-state index in [1.807, 2.05) is 18.3 Å². The average molecular weight is 337 g/mol. The fraction of sp³-hybridized carbons (Fsp3) is 0.389. The molecule has 3 aromatic heterocycles. The van der Waals surface area contributed by atoms with Gasteiger partial charge in [-0.15, -0.1) is 0 Å². The molecule has 0 fully saturated rings. The van der Waals surface area contributed by atoms with Crippen LogP contribution >= 0.6 is 0 Å². The van der Waals surface area contributed by atoms with E-state index in [0.717, 1.165) is 49.6 Å². The molecule has 0 spiro atoms. The van der Waals surface area contributed by atoms with E-state index in [1.54, 1.807) is 12.5 Å². The quantitative estimate of drug-likeness (QED) is 0.744. The minimum Gasteiger partial charge on any atom is -0.383 e. The lowest BCUT2D eigenvalue weighted by Crippen LogP contribution is -2.37. The Morgan fingerprint density at radius 1 is 1.28 bits per heavy atom. The SMILES string of the molecule is CCCn1ccnc1[C@@H]1c2nc[nH]c2CCN1Cc1cccnc1N. The number of nitrogens with one attached hydrogen (secondary N) is 1. The lowest BCUT2D eigenvalue weighted by Gasteiger charge is -2.34. The smallest absolute Gasteiger partial charge is 0.132 e. The zero-order chi connectivity index (χ0) is 17.2. The number of aromatic nitrogens is 5. The molecule has 1 aliphatic heterocycles. The number of nitrogens with zero attached hydrogens (tertiary/aromatic N) is 5. The summed E-state index contributed by atoms with van der Waals surface area (Å²) in [4.78, 5) is 19.2.